The topological polar surface area (TPSA) is 0 Å². The highest BCUT2D eigenvalue weighted by atomic mass is 35.5. The van der Waals surface area contributed by atoms with E-state index in [1.165, 1.54) is 33.0 Å². The smallest absolute Gasteiger partial charge is 0.0412 e. The number of halogens is 1. The van der Waals surface area contributed by atoms with Gasteiger partial charge in [0, 0.05) is 5.02 Å². The number of benzene rings is 3. The fourth-order valence-corrected chi connectivity index (χ4v) is 3.09. The van der Waals surface area contributed by atoms with Crippen LogP contribution in [0.15, 0.2) is 54.6 Å². The van der Waals surface area contributed by atoms with Gasteiger partial charge in [0.2, 0.25) is 0 Å². The summed E-state index contributed by atoms with van der Waals surface area (Å²) < 4.78 is 0. The van der Waals surface area contributed by atoms with Crippen molar-refractivity contribution in [1.29, 1.82) is 0 Å². The lowest BCUT2D eigenvalue weighted by Gasteiger charge is -2.06. The Morgan fingerprint density at radius 2 is 1.67 bits per heavy atom. The normalized spacial score (nSPS) is 12.5. The first-order valence-corrected chi connectivity index (χ1v) is 6.50. The molecule has 0 atom stereocenters. The Labute approximate surface area is 111 Å². The van der Waals surface area contributed by atoms with Gasteiger partial charge in [-0.15, -0.1) is 0 Å². The van der Waals surface area contributed by atoms with Crippen molar-refractivity contribution >= 4 is 22.4 Å². The summed E-state index contributed by atoms with van der Waals surface area (Å²) in [5, 5.41) is 3.44. The summed E-state index contributed by atoms with van der Waals surface area (Å²) in [6.07, 6.45) is 1.02. The molecule has 0 N–H and O–H groups in total. The maximum Gasteiger partial charge on any atom is 0.0412 e. The molecule has 4 rings (SSSR count). The summed E-state index contributed by atoms with van der Waals surface area (Å²) in [4.78, 5) is 0. The van der Waals surface area contributed by atoms with E-state index in [-0.39, 0.29) is 0 Å². The maximum absolute atomic E-state index is 6.14. The summed E-state index contributed by atoms with van der Waals surface area (Å²) in [7, 11) is 0. The fraction of sp³-hybridized carbons (Fsp3) is 0.0588. The highest BCUT2D eigenvalue weighted by molar-refractivity contribution is 6.31. The molecule has 0 amide bonds. The molecular weight excluding hydrogens is 240 g/mol. The first kappa shape index (κ1) is 10.2. The van der Waals surface area contributed by atoms with E-state index < -0.39 is 0 Å². The maximum atomic E-state index is 6.14. The molecule has 1 aliphatic carbocycles. The van der Waals surface area contributed by atoms with Gasteiger partial charge in [-0.3, -0.25) is 0 Å². The monoisotopic (exact) mass is 250 g/mol. The highest BCUT2D eigenvalue weighted by Gasteiger charge is 2.20. The van der Waals surface area contributed by atoms with Crippen molar-refractivity contribution in [2.45, 2.75) is 6.42 Å². The quantitative estimate of drug-likeness (QED) is 0.409. The van der Waals surface area contributed by atoms with Crippen LogP contribution in [-0.2, 0) is 6.42 Å². The first-order valence-electron chi connectivity index (χ1n) is 6.12. The minimum atomic E-state index is 0.814. The predicted molar refractivity (Wildman–Crippen MR) is 77.2 cm³/mol. The summed E-state index contributed by atoms with van der Waals surface area (Å²) >= 11 is 6.14. The van der Waals surface area contributed by atoms with Gasteiger partial charge in [0.15, 0.2) is 0 Å². The number of hydrogen-bond acceptors (Lipinski definition) is 0. The van der Waals surface area contributed by atoms with Gasteiger partial charge in [-0.1, -0.05) is 54.1 Å². The molecule has 0 heterocycles. The van der Waals surface area contributed by atoms with Gasteiger partial charge in [-0.2, -0.15) is 0 Å². The lowest BCUT2D eigenvalue weighted by molar-refractivity contribution is 1.27. The Morgan fingerprint density at radius 1 is 0.833 bits per heavy atom. The van der Waals surface area contributed by atoms with Gasteiger partial charge in [-0.25, -0.2) is 0 Å². The molecule has 0 fully saturated rings. The summed E-state index contributed by atoms with van der Waals surface area (Å²) in [6.45, 7) is 0. The van der Waals surface area contributed by atoms with Crippen LogP contribution in [-0.4, -0.2) is 0 Å². The Bertz CT molecular complexity index is 772. The van der Waals surface area contributed by atoms with Gasteiger partial charge in [-0.05, 0) is 51.6 Å². The van der Waals surface area contributed by atoms with Crippen molar-refractivity contribution in [2.24, 2.45) is 0 Å². The lowest BCUT2D eigenvalue weighted by atomic mass is 9.98. The van der Waals surface area contributed by atoms with Crippen LogP contribution in [0.4, 0.5) is 0 Å². The third-order valence-corrected chi connectivity index (χ3v) is 3.97. The molecular formula is C17H11Cl. The Kier molecular flexibility index (Phi) is 2.03. The second-order valence-electron chi connectivity index (χ2n) is 4.80. The summed E-state index contributed by atoms with van der Waals surface area (Å²) in [6, 6.07) is 19.2. The molecule has 0 radical (unpaired) electrons. The second kappa shape index (κ2) is 3.60. The van der Waals surface area contributed by atoms with Gasteiger partial charge in [0.1, 0.15) is 0 Å². The number of fused-ring (bicyclic) bond motifs is 5. The second-order valence-corrected chi connectivity index (χ2v) is 5.24. The van der Waals surface area contributed by atoms with E-state index in [1.807, 2.05) is 6.07 Å². The van der Waals surface area contributed by atoms with Crippen molar-refractivity contribution in [1.82, 2.24) is 0 Å². The molecule has 0 unspecified atom stereocenters. The van der Waals surface area contributed by atoms with Gasteiger partial charge in [0.25, 0.3) is 0 Å². The lowest BCUT2D eigenvalue weighted by Crippen LogP contribution is -1.81. The van der Waals surface area contributed by atoms with E-state index in [4.69, 9.17) is 11.6 Å². The average Bonchev–Trinajstić information content (AvgIpc) is 2.77. The van der Waals surface area contributed by atoms with E-state index >= 15 is 0 Å². The molecule has 0 nitrogen and oxygen atoms in total. The van der Waals surface area contributed by atoms with Crippen LogP contribution in [0.5, 0.6) is 0 Å². The van der Waals surface area contributed by atoms with Crippen molar-refractivity contribution in [3.63, 3.8) is 0 Å². The van der Waals surface area contributed by atoms with Crippen LogP contribution >= 0.6 is 11.6 Å². The minimum absolute atomic E-state index is 0.814. The molecule has 3 aromatic carbocycles. The van der Waals surface area contributed by atoms with Gasteiger partial charge < -0.3 is 0 Å². The molecule has 3 aromatic rings. The van der Waals surface area contributed by atoms with Crippen LogP contribution in [0.3, 0.4) is 0 Å². The molecule has 1 aliphatic rings. The van der Waals surface area contributed by atoms with Crippen LogP contribution < -0.4 is 0 Å². The van der Waals surface area contributed by atoms with Crippen LogP contribution in [0.1, 0.15) is 11.1 Å². The molecule has 0 bridgehead atoms. The van der Waals surface area contributed by atoms with Gasteiger partial charge >= 0.3 is 0 Å². The van der Waals surface area contributed by atoms with Crippen LogP contribution in [0, 0.1) is 0 Å². The SMILES string of the molecule is Clc1ccc2c(c1)-c1c(ccc3ccccc13)C2. The van der Waals surface area contributed by atoms with Crippen molar-refractivity contribution < 1.29 is 0 Å². The number of rotatable bonds is 0. The zero-order valence-corrected chi connectivity index (χ0v) is 10.5. The molecule has 0 aliphatic heterocycles. The number of hydrogen-bond donors (Lipinski definition) is 0. The largest absolute Gasteiger partial charge is 0.0843 e. The zero-order valence-electron chi connectivity index (χ0n) is 9.78. The molecule has 86 valence electrons. The van der Waals surface area contributed by atoms with Crippen molar-refractivity contribution in [3.05, 3.63) is 70.7 Å². The first-order chi connectivity index (χ1) is 8.83. The van der Waals surface area contributed by atoms with Crippen molar-refractivity contribution in [3.8, 4) is 11.1 Å². The molecule has 1 heteroatoms. The van der Waals surface area contributed by atoms with Crippen molar-refractivity contribution in [2.75, 3.05) is 0 Å². The molecule has 18 heavy (non-hydrogen) atoms. The molecule has 0 aromatic heterocycles. The van der Waals surface area contributed by atoms with Gasteiger partial charge in [0.05, 0.1) is 0 Å². The van der Waals surface area contributed by atoms with E-state index in [0.29, 0.717) is 0 Å². The molecule has 0 saturated carbocycles. The molecule has 0 saturated heterocycles. The third-order valence-electron chi connectivity index (χ3n) is 3.74. The van der Waals surface area contributed by atoms with E-state index in [2.05, 4.69) is 48.5 Å². The third kappa shape index (κ3) is 1.33. The van der Waals surface area contributed by atoms with Crippen LogP contribution in [0.2, 0.25) is 5.02 Å². The van der Waals surface area contributed by atoms with E-state index in [9.17, 15) is 0 Å². The summed E-state index contributed by atoms with van der Waals surface area (Å²) in [5.74, 6) is 0. The zero-order chi connectivity index (χ0) is 12.1. The standard InChI is InChI=1S/C17H11Cl/c18-14-8-7-12-9-13-6-5-11-3-1-2-4-15(11)17(13)16(12)10-14/h1-8,10H,9H2. The Morgan fingerprint density at radius 3 is 2.61 bits per heavy atom. The Balaban J connectivity index is 2.14. The van der Waals surface area contributed by atoms with E-state index in [1.54, 1.807) is 0 Å². The Hall–Kier alpha value is -1.79. The predicted octanol–water partition coefficient (Wildman–Crippen LogP) is 5.06. The minimum Gasteiger partial charge on any atom is -0.0843 e. The highest BCUT2D eigenvalue weighted by Crippen LogP contribution is 2.42. The average molecular weight is 251 g/mol. The summed E-state index contributed by atoms with van der Waals surface area (Å²) in [5.41, 5.74) is 5.46. The van der Waals surface area contributed by atoms with Crippen LogP contribution in [0.25, 0.3) is 21.9 Å². The van der Waals surface area contributed by atoms with E-state index in [0.717, 1.165) is 11.4 Å². The molecule has 0 spiro atoms. The fourth-order valence-electron chi connectivity index (χ4n) is 2.92.